The van der Waals surface area contributed by atoms with E-state index in [2.05, 4.69) is 5.32 Å². The van der Waals surface area contributed by atoms with Gasteiger partial charge in [0.25, 0.3) is 0 Å². The summed E-state index contributed by atoms with van der Waals surface area (Å²) in [4.78, 5) is 34.6. The van der Waals surface area contributed by atoms with Gasteiger partial charge in [-0.1, -0.05) is 13.8 Å². The van der Waals surface area contributed by atoms with Crippen LogP contribution in [0.5, 0.6) is 0 Å². The van der Waals surface area contributed by atoms with Crippen molar-refractivity contribution in [1.82, 2.24) is 10.2 Å². The van der Waals surface area contributed by atoms with Crippen molar-refractivity contribution in [2.45, 2.75) is 45.7 Å². The molecule has 2 unspecified atom stereocenters. The zero-order valence-corrected chi connectivity index (χ0v) is 11.7. The average molecular weight is 274 g/mol. The van der Waals surface area contributed by atoms with Crippen LogP contribution in [0, 0.1) is 5.92 Å². The molecule has 2 atom stereocenters. The molecule has 110 valence electrons. The molecule has 7 nitrogen and oxygen atoms in total. The van der Waals surface area contributed by atoms with Gasteiger partial charge in [-0.05, 0) is 19.3 Å². The second-order valence-corrected chi connectivity index (χ2v) is 5.03. The van der Waals surface area contributed by atoms with Gasteiger partial charge in [0, 0.05) is 13.1 Å². The fourth-order valence-corrected chi connectivity index (χ4v) is 1.67. The Morgan fingerprint density at radius 3 is 2.05 bits per heavy atom. The SMILES string of the molecule is CC(C)CC(C)N(C)C(=O)NC(CC(=O)O)C(=O)O. The Balaban J connectivity index is 4.54. The van der Waals surface area contributed by atoms with Crippen molar-refractivity contribution < 1.29 is 24.6 Å². The van der Waals surface area contributed by atoms with Crippen LogP contribution in [-0.2, 0) is 9.59 Å². The van der Waals surface area contributed by atoms with Crippen molar-refractivity contribution in [3.8, 4) is 0 Å². The van der Waals surface area contributed by atoms with E-state index in [0.717, 1.165) is 6.42 Å². The Bertz CT molecular complexity index is 343. The van der Waals surface area contributed by atoms with E-state index in [-0.39, 0.29) is 6.04 Å². The first-order valence-corrected chi connectivity index (χ1v) is 6.13. The van der Waals surface area contributed by atoms with E-state index in [0.29, 0.717) is 5.92 Å². The van der Waals surface area contributed by atoms with Crippen LogP contribution in [0.1, 0.15) is 33.6 Å². The summed E-state index contributed by atoms with van der Waals surface area (Å²) < 4.78 is 0. The molecule has 0 aliphatic rings. The molecule has 0 aliphatic heterocycles. The van der Waals surface area contributed by atoms with E-state index >= 15 is 0 Å². The fourth-order valence-electron chi connectivity index (χ4n) is 1.67. The minimum atomic E-state index is -1.42. The van der Waals surface area contributed by atoms with E-state index in [4.69, 9.17) is 10.2 Å². The van der Waals surface area contributed by atoms with Gasteiger partial charge in [-0.2, -0.15) is 0 Å². The lowest BCUT2D eigenvalue weighted by molar-refractivity contribution is -0.145. The van der Waals surface area contributed by atoms with E-state index in [1.165, 1.54) is 4.90 Å². The Morgan fingerprint density at radius 1 is 1.16 bits per heavy atom. The Hall–Kier alpha value is -1.79. The van der Waals surface area contributed by atoms with E-state index in [9.17, 15) is 14.4 Å². The highest BCUT2D eigenvalue weighted by atomic mass is 16.4. The lowest BCUT2D eigenvalue weighted by atomic mass is 10.0. The number of carboxylic acids is 2. The predicted molar refractivity (Wildman–Crippen MR) is 68.9 cm³/mol. The largest absolute Gasteiger partial charge is 0.481 e. The van der Waals surface area contributed by atoms with Crippen LogP contribution in [0.15, 0.2) is 0 Å². The maximum atomic E-state index is 11.8. The molecule has 0 heterocycles. The molecule has 3 N–H and O–H groups in total. The van der Waals surface area contributed by atoms with Gasteiger partial charge in [0.05, 0.1) is 6.42 Å². The molecule has 0 aromatic heterocycles. The summed E-state index contributed by atoms with van der Waals surface area (Å²) in [6.45, 7) is 5.89. The zero-order valence-electron chi connectivity index (χ0n) is 11.7. The highest BCUT2D eigenvalue weighted by molar-refractivity contribution is 5.86. The van der Waals surface area contributed by atoms with Crippen molar-refractivity contribution in [2.75, 3.05) is 7.05 Å². The highest BCUT2D eigenvalue weighted by Crippen LogP contribution is 2.10. The Kier molecular flexibility index (Phi) is 6.89. The van der Waals surface area contributed by atoms with Gasteiger partial charge in [0.15, 0.2) is 0 Å². The van der Waals surface area contributed by atoms with E-state index < -0.39 is 30.4 Å². The van der Waals surface area contributed by atoms with Crippen molar-refractivity contribution >= 4 is 18.0 Å². The van der Waals surface area contributed by atoms with Crippen molar-refractivity contribution in [3.63, 3.8) is 0 Å². The molecule has 0 aromatic carbocycles. The highest BCUT2D eigenvalue weighted by Gasteiger charge is 2.26. The number of aliphatic carboxylic acids is 2. The topological polar surface area (TPSA) is 107 Å². The third kappa shape index (κ3) is 6.64. The summed E-state index contributed by atoms with van der Waals surface area (Å²) in [5, 5.41) is 19.6. The molecule has 0 aromatic rings. The predicted octanol–water partition coefficient (Wildman–Crippen LogP) is 0.990. The summed E-state index contributed by atoms with van der Waals surface area (Å²) in [5.41, 5.74) is 0. The summed E-state index contributed by atoms with van der Waals surface area (Å²) in [5.74, 6) is -2.23. The number of amides is 2. The summed E-state index contributed by atoms with van der Waals surface area (Å²) in [6, 6.07) is -2.06. The standard InChI is InChI=1S/C12H22N2O5/c1-7(2)5-8(3)14(4)12(19)13-9(11(17)18)6-10(15)16/h7-9H,5-6H2,1-4H3,(H,13,19)(H,15,16)(H,17,18). The molecular formula is C12H22N2O5. The average Bonchev–Trinajstić information content (AvgIpc) is 2.25. The first kappa shape index (κ1) is 17.2. The van der Waals surface area contributed by atoms with Crippen molar-refractivity contribution in [1.29, 1.82) is 0 Å². The van der Waals surface area contributed by atoms with Gasteiger partial charge >= 0.3 is 18.0 Å². The number of hydrogen-bond acceptors (Lipinski definition) is 3. The van der Waals surface area contributed by atoms with Crippen molar-refractivity contribution in [3.05, 3.63) is 0 Å². The first-order chi connectivity index (χ1) is 8.65. The van der Waals surface area contributed by atoms with Crippen LogP contribution >= 0.6 is 0 Å². The maximum absolute atomic E-state index is 11.8. The monoisotopic (exact) mass is 274 g/mol. The molecule has 0 spiro atoms. The van der Waals surface area contributed by atoms with Gasteiger partial charge in [-0.3, -0.25) is 4.79 Å². The molecule has 7 heteroatoms. The molecule has 19 heavy (non-hydrogen) atoms. The fraction of sp³-hybridized carbons (Fsp3) is 0.750. The van der Waals surface area contributed by atoms with Gasteiger partial charge < -0.3 is 20.4 Å². The van der Waals surface area contributed by atoms with E-state index in [1.807, 2.05) is 20.8 Å². The molecule has 0 saturated heterocycles. The minimum Gasteiger partial charge on any atom is -0.481 e. The number of urea groups is 1. The zero-order chi connectivity index (χ0) is 15.2. The Labute approximate surface area is 112 Å². The molecule has 0 saturated carbocycles. The molecule has 2 amide bonds. The maximum Gasteiger partial charge on any atom is 0.326 e. The molecular weight excluding hydrogens is 252 g/mol. The molecule has 0 aliphatic carbocycles. The Morgan fingerprint density at radius 2 is 1.68 bits per heavy atom. The summed E-state index contributed by atoms with van der Waals surface area (Å²) in [6.07, 6.45) is 0.133. The van der Waals surface area contributed by atoms with Gasteiger partial charge in [0.1, 0.15) is 6.04 Å². The first-order valence-electron chi connectivity index (χ1n) is 6.13. The van der Waals surface area contributed by atoms with Crippen LogP contribution in [0.25, 0.3) is 0 Å². The van der Waals surface area contributed by atoms with Crippen LogP contribution in [0.2, 0.25) is 0 Å². The van der Waals surface area contributed by atoms with Crippen LogP contribution in [0.3, 0.4) is 0 Å². The molecule has 0 rings (SSSR count). The smallest absolute Gasteiger partial charge is 0.326 e. The number of carboxylic acid groups (broad SMARTS) is 2. The number of carbonyl (C=O) groups is 3. The second-order valence-electron chi connectivity index (χ2n) is 5.03. The van der Waals surface area contributed by atoms with Crippen LogP contribution in [-0.4, -0.2) is 52.2 Å². The normalized spacial score (nSPS) is 13.7. The third-order valence-electron chi connectivity index (χ3n) is 2.77. The number of rotatable bonds is 7. The van der Waals surface area contributed by atoms with Gasteiger partial charge in [-0.15, -0.1) is 0 Å². The minimum absolute atomic E-state index is 0.0562. The lowest BCUT2D eigenvalue weighted by Crippen LogP contribution is -2.50. The second kappa shape index (κ2) is 7.60. The lowest BCUT2D eigenvalue weighted by Gasteiger charge is -2.27. The summed E-state index contributed by atoms with van der Waals surface area (Å²) in [7, 11) is 1.56. The number of nitrogens with zero attached hydrogens (tertiary/aromatic N) is 1. The molecule has 0 radical (unpaired) electrons. The molecule has 0 bridgehead atoms. The van der Waals surface area contributed by atoms with E-state index in [1.54, 1.807) is 7.05 Å². The van der Waals surface area contributed by atoms with Crippen LogP contribution < -0.4 is 5.32 Å². The number of nitrogens with one attached hydrogen (secondary N) is 1. The number of hydrogen-bond donors (Lipinski definition) is 3. The summed E-state index contributed by atoms with van der Waals surface area (Å²) >= 11 is 0. The van der Waals surface area contributed by atoms with Gasteiger partial charge in [-0.25, -0.2) is 9.59 Å². The quantitative estimate of drug-likeness (QED) is 0.641. The number of carbonyl (C=O) groups excluding carboxylic acids is 1. The van der Waals surface area contributed by atoms with Crippen molar-refractivity contribution in [2.24, 2.45) is 5.92 Å². The molecule has 0 fully saturated rings. The third-order valence-corrected chi connectivity index (χ3v) is 2.77. The van der Waals surface area contributed by atoms with Crippen LogP contribution in [0.4, 0.5) is 4.79 Å². The van der Waals surface area contributed by atoms with Gasteiger partial charge in [0.2, 0.25) is 0 Å².